The van der Waals surface area contributed by atoms with Gasteiger partial charge in [0.2, 0.25) is 0 Å². The standard InChI is InChI=1S/C23H19F3N2O3/c1-15-10-12-28(27-15)11-2-3-18-13-19(22(30)31)7-5-16(18)4-6-17-8-9-20(29)14-21(17)23(24,25)26/h5,7-10,12-14,29H,2-3,11H2,1H3,(H,30,31). The molecule has 160 valence electrons. The van der Waals surface area contributed by atoms with Crippen molar-refractivity contribution in [3.8, 4) is 17.6 Å². The molecule has 0 fully saturated rings. The van der Waals surface area contributed by atoms with Gasteiger partial charge in [0.15, 0.2) is 0 Å². The van der Waals surface area contributed by atoms with Gasteiger partial charge in [-0.05, 0) is 67.8 Å². The summed E-state index contributed by atoms with van der Waals surface area (Å²) in [4.78, 5) is 11.3. The Morgan fingerprint density at radius 1 is 1.10 bits per heavy atom. The number of phenolic OH excluding ortho intramolecular Hbond substituents is 1. The number of hydrogen-bond acceptors (Lipinski definition) is 3. The molecule has 5 nitrogen and oxygen atoms in total. The summed E-state index contributed by atoms with van der Waals surface area (Å²) < 4.78 is 41.5. The molecular weight excluding hydrogens is 409 g/mol. The SMILES string of the molecule is Cc1ccn(CCCc2cc(C(=O)O)ccc2C#Cc2ccc(O)cc2C(F)(F)F)n1. The van der Waals surface area contributed by atoms with Crippen molar-refractivity contribution in [3.63, 3.8) is 0 Å². The van der Waals surface area contributed by atoms with Crippen LogP contribution in [0, 0.1) is 18.8 Å². The molecule has 3 aromatic rings. The Hall–Kier alpha value is -3.73. The molecule has 0 aliphatic carbocycles. The number of aryl methyl sites for hydroxylation is 3. The number of benzene rings is 2. The van der Waals surface area contributed by atoms with Gasteiger partial charge >= 0.3 is 12.1 Å². The Bertz CT molecular complexity index is 1170. The number of carboxylic acid groups (broad SMARTS) is 1. The van der Waals surface area contributed by atoms with Crippen LogP contribution >= 0.6 is 0 Å². The first-order valence-electron chi connectivity index (χ1n) is 9.42. The monoisotopic (exact) mass is 428 g/mol. The van der Waals surface area contributed by atoms with Gasteiger partial charge in [0, 0.05) is 23.9 Å². The highest BCUT2D eigenvalue weighted by Crippen LogP contribution is 2.33. The van der Waals surface area contributed by atoms with E-state index in [4.69, 9.17) is 0 Å². The summed E-state index contributed by atoms with van der Waals surface area (Å²) in [6.45, 7) is 2.48. The normalized spacial score (nSPS) is 11.1. The van der Waals surface area contributed by atoms with Crippen LogP contribution in [-0.4, -0.2) is 26.0 Å². The lowest BCUT2D eigenvalue weighted by molar-refractivity contribution is -0.137. The number of aromatic carboxylic acids is 1. The second-order valence-corrected chi connectivity index (χ2v) is 6.98. The van der Waals surface area contributed by atoms with E-state index in [0.29, 0.717) is 36.6 Å². The van der Waals surface area contributed by atoms with E-state index in [2.05, 4.69) is 16.9 Å². The van der Waals surface area contributed by atoms with Gasteiger partial charge in [-0.1, -0.05) is 11.8 Å². The molecule has 0 saturated heterocycles. The second kappa shape index (κ2) is 8.96. The van der Waals surface area contributed by atoms with Gasteiger partial charge in [-0.3, -0.25) is 4.68 Å². The van der Waals surface area contributed by atoms with Gasteiger partial charge in [-0.15, -0.1) is 0 Å². The zero-order chi connectivity index (χ0) is 22.6. The zero-order valence-electron chi connectivity index (χ0n) is 16.6. The van der Waals surface area contributed by atoms with Crippen molar-refractivity contribution < 1.29 is 28.2 Å². The summed E-state index contributed by atoms with van der Waals surface area (Å²) in [7, 11) is 0. The molecule has 8 heteroatoms. The molecular formula is C23H19F3N2O3. The molecule has 0 saturated carbocycles. The van der Waals surface area contributed by atoms with Crippen molar-refractivity contribution in [1.29, 1.82) is 0 Å². The summed E-state index contributed by atoms with van der Waals surface area (Å²) in [5.74, 6) is 3.65. The lowest BCUT2D eigenvalue weighted by Gasteiger charge is -2.10. The summed E-state index contributed by atoms with van der Waals surface area (Å²) in [5, 5.41) is 23.0. The number of aromatic hydroxyl groups is 1. The second-order valence-electron chi connectivity index (χ2n) is 6.98. The van der Waals surface area contributed by atoms with Crippen molar-refractivity contribution in [2.45, 2.75) is 32.5 Å². The van der Waals surface area contributed by atoms with Crippen LogP contribution in [0.25, 0.3) is 0 Å². The molecule has 3 rings (SSSR count). The van der Waals surface area contributed by atoms with Gasteiger partial charge in [0.05, 0.1) is 16.8 Å². The van der Waals surface area contributed by atoms with Crippen molar-refractivity contribution in [3.05, 3.63) is 82.2 Å². The van der Waals surface area contributed by atoms with E-state index >= 15 is 0 Å². The fourth-order valence-corrected chi connectivity index (χ4v) is 3.09. The van der Waals surface area contributed by atoms with Crippen LogP contribution in [0.15, 0.2) is 48.7 Å². The largest absolute Gasteiger partial charge is 0.508 e. The highest BCUT2D eigenvalue weighted by Gasteiger charge is 2.33. The maximum Gasteiger partial charge on any atom is 0.417 e. The minimum atomic E-state index is -4.67. The molecule has 0 amide bonds. The molecule has 0 aliphatic heterocycles. The molecule has 0 bridgehead atoms. The number of rotatable bonds is 5. The van der Waals surface area contributed by atoms with Crippen LogP contribution in [0.3, 0.4) is 0 Å². The fourth-order valence-electron chi connectivity index (χ4n) is 3.09. The molecule has 31 heavy (non-hydrogen) atoms. The summed E-state index contributed by atoms with van der Waals surface area (Å²) in [6, 6.07) is 9.10. The predicted molar refractivity (Wildman–Crippen MR) is 108 cm³/mol. The Morgan fingerprint density at radius 3 is 2.45 bits per heavy atom. The molecule has 1 aromatic heterocycles. The fraction of sp³-hybridized carbons (Fsp3) is 0.217. The summed E-state index contributed by atoms with van der Waals surface area (Å²) in [5.41, 5.74) is 0.736. The van der Waals surface area contributed by atoms with Gasteiger partial charge in [0.1, 0.15) is 5.75 Å². The number of hydrogen-bond donors (Lipinski definition) is 2. The number of nitrogens with zero attached hydrogens (tertiary/aromatic N) is 2. The molecule has 0 atom stereocenters. The van der Waals surface area contributed by atoms with E-state index in [1.54, 1.807) is 4.68 Å². The molecule has 1 heterocycles. The molecule has 0 unspecified atom stereocenters. The van der Waals surface area contributed by atoms with E-state index in [9.17, 15) is 28.2 Å². The molecule has 0 aliphatic rings. The minimum Gasteiger partial charge on any atom is -0.508 e. The number of aromatic nitrogens is 2. The van der Waals surface area contributed by atoms with Gasteiger partial charge < -0.3 is 10.2 Å². The van der Waals surface area contributed by atoms with Crippen LogP contribution in [0.1, 0.15) is 44.7 Å². The van der Waals surface area contributed by atoms with Crippen molar-refractivity contribution >= 4 is 5.97 Å². The lowest BCUT2D eigenvalue weighted by Crippen LogP contribution is -2.07. The number of alkyl halides is 3. The Morgan fingerprint density at radius 2 is 1.81 bits per heavy atom. The van der Waals surface area contributed by atoms with Crippen molar-refractivity contribution in [1.82, 2.24) is 9.78 Å². The van der Waals surface area contributed by atoms with Crippen molar-refractivity contribution in [2.75, 3.05) is 0 Å². The first kappa shape index (κ1) is 22.0. The third kappa shape index (κ3) is 5.66. The maximum atomic E-state index is 13.3. The van der Waals surface area contributed by atoms with E-state index in [1.165, 1.54) is 18.2 Å². The molecule has 0 radical (unpaired) electrons. The molecule has 0 spiro atoms. The average molecular weight is 428 g/mol. The topological polar surface area (TPSA) is 75.4 Å². The highest BCUT2D eigenvalue weighted by atomic mass is 19.4. The first-order valence-corrected chi connectivity index (χ1v) is 9.42. The Kier molecular flexibility index (Phi) is 6.35. The quantitative estimate of drug-likeness (QED) is 0.581. The third-order valence-electron chi connectivity index (χ3n) is 4.60. The van der Waals surface area contributed by atoms with E-state index in [-0.39, 0.29) is 11.1 Å². The number of halogens is 3. The number of carboxylic acids is 1. The van der Waals surface area contributed by atoms with Crippen LogP contribution < -0.4 is 0 Å². The average Bonchev–Trinajstić information content (AvgIpc) is 3.11. The van der Waals surface area contributed by atoms with E-state index in [1.807, 2.05) is 19.2 Å². The van der Waals surface area contributed by atoms with Gasteiger partial charge in [-0.2, -0.15) is 18.3 Å². The number of phenols is 1. The first-order chi connectivity index (χ1) is 14.6. The Labute approximate surface area is 176 Å². The smallest absolute Gasteiger partial charge is 0.417 e. The Balaban J connectivity index is 1.90. The summed E-state index contributed by atoms with van der Waals surface area (Å²) in [6.07, 6.45) is -1.70. The predicted octanol–water partition coefficient (Wildman–Crippen LogP) is 4.65. The van der Waals surface area contributed by atoms with Crippen LogP contribution in [0.4, 0.5) is 13.2 Å². The van der Waals surface area contributed by atoms with E-state index < -0.39 is 23.5 Å². The minimum absolute atomic E-state index is 0.0797. The highest BCUT2D eigenvalue weighted by molar-refractivity contribution is 5.88. The number of carbonyl (C=O) groups is 1. The van der Waals surface area contributed by atoms with Gasteiger partial charge in [-0.25, -0.2) is 4.79 Å². The van der Waals surface area contributed by atoms with E-state index in [0.717, 1.165) is 17.8 Å². The van der Waals surface area contributed by atoms with Crippen LogP contribution in [0.5, 0.6) is 5.75 Å². The van der Waals surface area contributed by atoms with Crippen molar-refractivity contribution in [2.24, 2.45) is 0 Å². The van der Waals surface area contributed by atoms with Crippen LogP contribution in [-0.2, 0) is 19.1 Å². The van der Waals surface area contributed by atoms with Crippen LogP contribution in [0.2, 0.25) is 0 Å². The molecule has 2 N–H and O–H groups in total. The third-order valence-corrected chi connectivity index (χ3v) is 4.60. The maximum absolute atomic E-state index is 13.3. The van der Waals surface area contributed by atoms with Gasteiger partial charge in [0.25, 0.3) is 0 Å². The molecule has 2 aromatic carbocycles. The zero-order valence-corrected chi connectivity index (χ0v) is 16.6. The lowest BCUT2D eigenvalue weighted by atomic mass is 9.99. The summed E-state index contributed by atoms with van der Waals surface area (Å²) >= 11 is 0.